The molecule has 566 valence electrons. The van der Waals surface area contributed by atoms with Crippen LogP contribution in [0, 0.1) is 13.8 Å². The van der Waals surface area contributed by atoms with E-state index in [1.54, 1.807) is 41.2 Å². The quantitative estimate of drug-likeness (QED) is 0.127. The molecule has 15 aromatic rings. The Morgan fingerprint density at radius 1 is 0.327 bits per heavy atom. The molecule has 2 fully saturated rings. The first-order chi connectivity index (χ1) is 55.6. The van der Waals surface area contributed by atoms with Gasteiger partial charge in [0.25, 0.3) is 0 Å². The predicted molar refractivity (Wildman–Crippen MR) is 488 cm³/mol. The fourth-order valence-electron chi connectivity index (χ4n) is 14.6. The summed E-state index contributed by atoms with van der Waals surface area (Å²) in [7, 11) is -1.16. The number of rotatable bonds is 7. The van der Waals surface area contributed by atoms with Crippen molar-refractivity contribution in [3.05, 3.63) is 379 Å². The number of hydrogen-bond acceptors (Lipinski definition) is 6. The fourth-order valence-corrected chi connectivity index (χ4v) is 32.6. The van der Waals surface area contributed by atoms with Crippen molar-refractivity contribution in [3.8, 4) is 10.6 Å². The van der Waals surface area contributed by atoms with Crippen LogP contribution in [-0.4, -0.2) is 38.5 Å². The molecule has 0 unspecified atom stereocenters. The van der Waals surface area contributed by atoms with Crippen LogP contribution in [0.25, 0.3) is 25.1 Å². The maximum Gasteiger partial charge on any atom is 0.216 e. The summed E-state index contributed by atoms with van der Waals surface area (Å²) < 4.78 is 33.4. The molecule has 0 aliphatic carbocycles. The van der Waals surface area contributed by atoms with E-state index in [1.165, 1.54) is 128 Å². The van der Waals surface area contributed by atoms with Crippen molar-refractivity contribution in [2.45, 2.75) is 140 Å². The van der Waals surface area contributed by atoms with E-state index in [1.807, 2.05) is 111 Å². The molecule has 5 nitrogen and oxygen atoms in total. The van der Waals surface area contributed by atoms with Crippen molar-refractivity contribution < 1.29 is 13.2 Å². The van der Waals surface area contributed by atoms with Crippen molar-refractivity contribution in [1.29, 1.82) is 0 Å². The molecule has 5 aliphatic rings. The number of anilines is 2. The van der Waals surface area contributed by atoms with E-state index in [0.717, 1.165) is 40.6 Å². The maximum atomic E-state index is 12.9. The van der Waals surface area contributed by atoms with Gasteiger partial charge in [-0.3, -0.25) is 4.79 Å². The first-order valence-corrected chi connectivity index (χ1v) is 49.1. The standard InChI is InChI=1S/C19H13OS.C18H14NS.C18H13O2S2.C18H13S2.C14H21OS.C11H15S.C2H6/c20-19-15-10-4-6-12-17(15)21(14-8-2-1-3-9-14)18-13-7-5-11-16(18)19;1-2-8-14(9-3-1)20-17-12-6-4-10-15(17)19-16-11-5-7-13-18(16)20;19-22(20)17-12-6-4-10-15(17)21(14-8-2-1-3-9-14)16-11-5-7-13-18(16)22;1-2-8-14(9-3-1)20-17-12-6-4-10-15(17)19-16-11-5-7-13-18(16)20;1-11-9-13(10-12(2)14(11)15-3)16-7-5-4-6-8-16;1-3-7-11(8-4-1)12-9-5-2-6-10-12;1-2/h1-13H;1-13,19H;1-13H;1-13H;9-10H,4-8H2,1-3H3;1,3-4,7-8H,2,5-6,9-10H2;1-2H3/q6*+1;. The summed E-state index contributed by atoms with van der Waals surface area (Å²) in [5.41, 5.74) is 5.16. The van der Waals surface area contributed by atoms with Crippen molar-refractivity contribution in [3.63, 3.8) is 0 Å². The summed E-state index contributed by atoms with van der Waals surface area (Å²) in [6.45, 7) is 8.31. The van der Waals surface area contributed by atoms with E-state index in [0.29, 0.717) is 31.6 Å². The van der Waals surface area contributed by atoms with Crippen molar-refractivity contribution in [1.82, 2.24) is 0 Å². The molecule has 0 amide bonds. The molecule has 14 aromatic carbocycles. The zero-order valence-corrected chi connectivity index (χ0v) is 71.1. The second kappa shape index (κ2) is 39.1. The van der Waals surface area contributed by atoms with E-state index in [4.69, 9.17) is 4.74 Å². The molecule has 0 saturated carbocycles. The first kappa shape index (κ1) is 80.2. The molecule has 6 heterocycles. The van der Waals surface area contributed by atoms with Gasteiger partial charge in [0.05, 0.1) is 39.0 Å². The number of nitrogens with one attached hydrogen (secondary N) is 1. The van der Waals surface area contributed by atoms with Crippen LogP contribution >= 0.6 is 22.2 Å². The number of methoxy groups -OCH3 is 1. The number of benzene rings is 14. The van der Waals surface area contributed by atoms with Crippen LogP contribution in [0.4, 0.5) is 11.4 Å². The monoisotopic (exact) mass is 1630 g/mol. The lowest BCUT2D eigenvalue weighted by Gasteiger charge is -2.20. The van der Waals surface area contributed by atoms with Gasteiger partial charge in [-0.05, 0) is 233 Å². The largest absolute Gasteiger partial charge is 0.496 e. The minimum atomic E-state index is -3.44. The van der Waals surface area contributed by atoms with Crippen LogP contribution < -0.4 is 15.5 Å². The van der Waals surface area contributed by atoms with E-state index in [2.05, 4.69) is 268 Å². The third-order valence-corrected chi connectivity index (χ3v) is 37.6. The Balaban J connectivity index is 0.000000113. The highest BCUT2D eigenvalue weighted by Gasteiger charge is 2.45. The molecule has 1 aromatic heterocycles. The number of para-hydroxylation sites is 2. The number of sulfone groups is 1. The highest BCUT2D eigenvalue weighted by atomic mass is 32.2. The Morgan fingerprint density at radius 3 is 1.05 bits per heavy atom. The molecule has 20 rings (SSSR count). The summed E-state index contributed by atoms with van der Waals surface area (Å²) in [5.74, 6) is 6.72. The summed E-state index contributed by atoms with van der Waals surface area (Å²) >= 11 is 1.89. The molecule has 0 spiro atoms. The molecule has 0 radical (unpaired) electrons. The lowest BCUT2D eigenvalue weighted by Crippen LogP contribution is -2.20. The highest BCUT2D eigenvalue weighted by Crippen LogP contribution is 2.50. The average Bonchev–Trinajstić information content (AvgIpc) is 0.732. The third kappa shape index (κ3) is 18.6. The van der Waals surface area contributed by atoms with Gasteiger partial charge in [0.2, 0.25) is 15.3 Å². The topological polar surface area (TPSA) is 72.5 Å². The van der Waals surface area contributed by atoms with Gasteiger partial charge in [-0.25, -0.2) is 8.42 Å². The van der Waals surface area contributed by atoms with E-state index in [-0.39, 0.29) is 48.6 Å². The van der Waals surface area contributed by atoms with Crippen molar-refractivity contribution in [2.24, 2.45) is 0 Å². The Bertz CT molecular complexity index is 5480. The van der Waals surface area contributed by atoms with E-state index < -0.39 is 9.84 Å². The number of aryl methyl sites for hydroxylation is 2. The zero-order valence-electron chi connectivity index (χ0n) is 64.5. The van der Waals surface area contributed by atoms with Gasteiger partial charge in [0.1, 0.15) is 71.2 Å². The third-order valence-electron chi connectivity index (χ3n) is 19.8. The van der Waals surface area contributed by atoms with Gasteiger partial charge in [0, 0.05) is 32.3 Å². The fraction of sp³-hybridized carbons (Fsp3) is 0.150. The molecule has 13 heteroatoms. The summed E-state index contributed by atoms with van der Waals surface area (Å²) in [4.78, 5) is 32.0. The Kier molecular flexibility index (Phi) is 27.8. The minimum absolute atomic E-state index is 0.0204. The lowest BCUT2D eigenvalue weighted by atomic mass is 10.1. The average molecular weight is 1630 g/mol. The molecular formula is C100H95NO4S8+6. The summed E-state index contributed by atoms with van der Waals surface area (Å²) in [5, 5.41) is 5.22. The SMILES string of the molecule is CC.COc1c(C)cc([S+]2CCCCC2)cc1C.O=S1(=O)c2ccccc2[S+](c2ccccc2)c2ccccc21.O=c1c2ccccc2[s+](-c2ccccc2)c2ccccc12.c1ccc([S+]2CCCCC2)cc1.c1ccc([S+]2c3ccccc3Nc3ccccc32)cc1.c1ccc([S+]2c3ccccc3Sc3ccccc32)cc1. The molecule has 113 heavy (non-hydrogen) atoms. The van der Waals surface area contributed by atoms with E-state index in [9.17, 15) is 13.2 Å². The normalized spacial score (nSPS) is 14.5. The van der Waals surface area contributed by atoms with Gasteiger partial charge in [-0.15, -0.1) is 0 Å². The van der Waals surface area contributed by atoms with Crippen LogP contribution in [-0.2, 0) is 64.3 Å². The molecule has 5 aliphatic heterocycles. The van der Waals surface area contributed by atoms with Crippen LogP contribution in [0.2, 0.25) is 0 Å². The number of hydrogen-bond donors (Lipinski definition) is 1. The Labute approximate surface area is 690 Å². The van der Waals surface area contributed by atoms with E-state index >= 15 is 0 Å². The summed E-state index contributed by atoms with van der Waals surface area (Å²) in [6.07, 6.45) is 8.59. The van der Waals surface area contributed by atoms with Crippen LogP contribution in [0.1, 0.15) is 63.5 Å². The van der Waals surface area contributed by atoms with Crippen molar-refractivity contribution in [2.75, 3.05) is 35.4 Å². The Hall–Kier alpha value is -9.38. The zero-order chi connectivity index (χ0) is 77.9. The highest BCUT2D eigenvalue weighted by molar-refractivity contribution is 8.04. The van der Waals surface area contributed by atoms with Gasteiger partial charge in [0.15, 0.2) is 68.1 Å². The van der Waals surface area contributed by atoms with Crippen LogP contribution in [0.15, 0.2) is 436 Å². The lowest BCUT2D eigenvalue weighted by molar-refractivity contribution is 0.408. The summed E-state index contributed by atoms with van der Waals surface area (Å²) in [6, 6.07) is 123. The molecule has 2 saturated heterocycles. The number of ether oxygens (including phenoxy) is 1. The van der Waals surface area contributed by atoms with Gasteiger partial charge in [-0.1, -0.05) is 214 Å². The maximum absolute atomic E-state index is 12.9. The van der Waals surface area contributed by atoms with Gasteiger partial charge < -0.3 is 10.1 Å². The van der Waals surface area contributed by atoms with Crippen LogP contribution in [0.3, 0.4) is 0 Å². The second-order valence-corrected chi connectivity index (χ2v) is 42.5. The van der Waals surface area contributed by atoms with Crippen molar-refractivity contribution >= 4 is 118 Å². The number of fused-ring (bicyclic) bond motifs is 8. The molecule has 0 atom stereocenters. The van der Waals surface area contributed by atoms with Crippen LogP contribution in [0.5, 0.6) is 5.75 Å². The second-order valence-electron chi connectivity index (χ2n) is 27.1. The smallest absolute Gasteiger partial charge is 0.216 e. The molecule has 1 N–H and O–H groups in total. The van der Waals surface area contributed by atoms with Gasteiger partial charge >= 0.3 is 0 Å². The Morgan fingerprint density at radius 2 is 0.637 bits per heavy atom. The van der Waals surface area contributed by atoms with Gasteiger partial charge in [-0.2, -0.15) is 0 Å². The predicted octanol–water partition coefficient (Wildman–Crippen LogP) is 26.5. The molecular weight excluding hydrogens is 1540 g/mol. The first-order valence-electron chi connectivity index (χ1n) is 38.8. The minimum Gasteiger partial charge on any atom is -0.496 e. The molecule has 0 bridgehead atoms.